The average Bonchev–Trinajstić information content (AvgIpc) is 1.96. The third-order valence-electron chi connectivity index (χ3n) is 1.61. The molecule has 2 nitrogen and oxygen atoms in total. The summed E-state index contributed by atoms with van der Waals surface area (Å²) in [4.78, 5) is 10.8. The van der Waals surface area contributed by atoms with Gasteiger partial charge in [0.15, 0.2) is 0 Å². The van der Waals surface area contributed by atoms with Crippen LogP contribution >= 0.6 is 11.6 Å². The number of amides is 1. The van der Waals surface area contributed by atoms with Gasteiger partial charge in [0, 0.05) is 6.54 Å². The number of alkyl halides is 4. The van der Waals surface area contributed by atoms with Crippen molar-refractivity contribution in [1.82, 2.24) is 5.32 Å². The van der Waals surface area contributed by atoms with Crippen LogP contribution < -0.4 is 5.32 Å². The van der Waals surface area contributed by atoms with Crippen molar-refractivity contribution in [3.05, 3.63) is 0 Å². The Kier molecular flexibility index (Phi) is 6.02. The Morgan fingerprint density at radius 2 is 1.93 bits per heavy atom. The fraction of sp³-hybridized carbons (Fsp3) is 0.889. The third-order valence-corrected chi connectivity index (χ3v) is 1.94. The molecule has 0 heterocycles. The predicted molar refractivity (Wildman–Crippen MR) is 52.8 cm³/mol. The van der Waals surface area contributed by atoms with E-state index in [0.29, 0.717) is 12.3 Å². The van der Waals surface area contributed by atoms with Gasteiger partial charge in [0.2, 0.25) is 5.91 Å². The summed E-state index contributed by atoms with van der Waals surface area (Å²) < 4.78 is 35.2. The van der Waals surface area contributed by atoms with Crippen LogP contribution in [0.2, 0.25) is 0 Å². The van der Waals surface area contributed by atoms with Crippen molar-refractivity contribution in [1.29, 1.82) is 0 Å². The normalized spacial score (nSPS) is 14.1. The van der Waals surface area contributed by atoms with Gasteiger partial charge in [-0.3, -0.25) is 4.79 Å². The molecule has 0 aromatic carbocycles. The van der Waals surface area contributed by atoms with Gasteiger partial charge in [-0.15, -0.1) is 11.6 Å². The number of hydrogen-bond donors (Lipinski definition) is 1. The number of nitrogens with one attached hydrogen (secondary N) is 1. The van der Waals surface area contributed by atoms with Crippen LogP contribution in [-0.4, -0.2) is 24.0 Å². The maximum atomic E-state index is 11.7. The maximum absolute atomic E-state index is 11.7. The first-order valence-electron chi connectivity index (χ1n) is 4.68. The Labute approximate surface area is 92.2 Å². The summed E-state index contributed by atoms with van der Waals surface area (Å²) in [5.41, 5.74) is 0. The molecule has 0 saturated carbocycles. The van der Waals surface area contributed by atoms with Crippen LogP contribution in [0.3, 0.4) is 0 Å². The average molecular weight is 246 g/mol. The minimum atomic E-state index is -4.45. The topological polar surface area (TPSA) is 29.1 Å². The van der Waals surface area contributed by atoms with Gasteiger partial charge in [-0.1, -0.05) is 13.8 Å². The molecule has 1 amide bonds. The monoisotopic (exact) mass is 245 g/mol. The Bertz CT molecular complexity index is 206. The van der Waals surface area contributed by atoms with Gasteiger partial charge in [0.25, 0.3) is 0 Å². The zero-order chi connectivity index (χ0) is 12.1. The first-order valence-corrected chi connectivity index (χ1v) is 5.12. The van der Waals surface area contributed by atoms with E-state index in [-0.39, 0.29) is 11.9 Å². The largest absolute Gasteiger partial charge is 0.397 e. The van der Waals surface area contributed by atoms with Gasteiger partial charge in [0.05, 0.1) is 5.38 Å². The van der Waals surface area contributed by atoms with Crippen LogP contribution in [0.15, 0.2) is 0 Å². The Morgan fingerprint density at radius 3 is 2.33 bits per heavy atom. The van der Waals surface area contributed by atoms with Crippen LogP contribution in [-0.2, 0) is 4.79 Å². The van der Waals surface area contributed by atoms with E-state index in [1.165, 1.54) is 0 Å². The van der Waals surface area contributed by atoms with Gasteiger partial charge in [-0.05, 0) is 12.3 Å². The van der Waals surface area contributed by atoms with Crippen molar-refractivity contribution < 1.29 is 18.0 Å². The van der Waals surface area contributed by atoms with Crippen LogP contribution in [0.4, 0.5) is 13.2 Å². The summed E-state index contributed by atoms with van der Waals surface area (Å²) in [6.45, 7) is 3.98. The molecule has 0 spiro atoms. The second-order valence-electron chi connectivity index (χ2n) is 3.82. The molecule has 0 aromatic heterocycles. The molecule has 0 aromatic rings. The van der Waals surface area contributed by atoms with Crippen molar-refractivity contribution in [2.75, 3.05) is 6.54 Å². The second kappa shape index (κ2) is 6.20. The summed E-state index contributed by atoms with van der Waals surface area (Å²) in [5.74, 6) is -0.677. The standard InChI is InChI=1S/C9H15ClF3NO/c1-6(2)3-7(10)5-14-8(15)4-9(11,12)13/h6-7H,3-5H2,1-2H3,(H,14,15). The number of hydrogen-bond acceptors (Lipinski definition) is 1. The summed E-state index contributed by atoms with van der Waals surface area (Å²) in [6, 6.07) is 0. The molecule has 0 saturated heterocycles. The van der Waals surface area contributed by atoms with Crippen LogP contribution in [0.5, 0.6) is 0 Å². The second-order valence-corrected chi connectivity index (χ2v) is 4.44. The maximum Gasteiger partial charge on any atom is 0.397 e. The molecule has 1 N–H and O–H groups in total. The van der Waals surface area contributed by atoms with Gasteiger partial charge in [-0.2, -0.15) is 13.2 Å². The molecule has 0 aliphatic heterocycles. The van der Waals surface area contributed by atoms with Gasteiger partial charge < -0.3 is 5.32 Å². The Hall–Kier alpha value is -0.450. The van der Waals surface area contributed by atoms with E-state index >= 15 is 0 Å². The summed E-state index contributed by atoms with van der Waals surface area (Å²) in [5, 5.41) is 1.84. The van der Waals surface area contributed by atoms with Gasteiger partial charge >= 0.3 is 6.18 Å². The predicted octanol–water partition coefficient (Wildman–Crippen LogP) is 2.71. The summed E-state index contributed by atoms with van der Waals surface area (Å²) in [7, 11) is 0. The summed E-state index contributed by atoms with van der Waals surface area (Å²) in [6.07, 6.45) is -5.24. The molecule has 0 aliphatic rings. The Morgan fingerprint density at radius 1 is 1.40 bits per heavy atom. The zero-order valence-corrected chi connectivity index (χ0v) is 9.45. The highest BCUT2D eigenvalue weighted by atomic mass is 35.5. The molecule has 6 heteroatoms. The van der Waals surface area contributed by atoms with E-state index in [1.807, 2.05) is 13.8 Å². The number of carbonyl (C=O) groups is 1. The molecule has 1 unspecified atom stereocenters. The van der Waals surface area contributed by atoms with Crippen LogP contribution in [0.25, 0.3) is 0 Å². The lowest BCUT2D eigenvalue weighted by Crippen LogP contribution is -2.33. The molecule has 0 bridgehead atoms. The lowest BCUT2D eigenvalue weighted by molar-refractivity contribution is -0.153. The van der Waals surface area contributed by atoms with E-state index in [9.17, 15) is 18.0 Å². The quantitative estimate of drug-likeness (QED) is 0.742. The highest BCUT2D eigenvalue weighted by Gasteiger charge is 2.31. The molecule has 15 heavy (non-hydrogen) atoms. The van der Waals surface area contributed by atoms with Crippen molar-refractivity contribution in [3.63, 3.8) is 0 Å². The van der Waals surface area contributed by atoms with Crippen LogP contribution in [0, 0.1) is 5.92 Å². The summed E-state index contributed by atoms with van der Waals surface area (Å²) >= 11 is 5.80. The van der Waals surface area contributed by atoms with Crippen molar-refractivity contribution in [3.8, 4) is 0 Å². The highest BCUT2D eigenvalue weighted by molar-refractivity contribution is 6.20. The molecule has 0 radical (unpaired) electrons. The number of carbonyl (C=O) groups excluding carboxylic acids is 1. The highest BCUT2D eigenvalue weighted by Crippen LogP contribution is 2.19. The minimum Gasteiger partial charge on any atom is -0.354 e. The van der Waals surface area contributed by atoms with E-state index < -0.39 is 18.5 Å². The van der Waals surface area contributed by atoms with Crippen molar-refractivity contribution in [2.45, 2.75) is 38.2 Å². The number of rotatable bonds is 5. The fourth-order valence-electron chi connectivity index (χ4n) is 1.06. The molecule has 0 fully saturated rings. The molecule has 1 atom stereocenters. The molecule has 0 aliphatic carbocycles. The SMILES string of the molecule is CC(C)CC(Cl)CNC(=O)CC(F)(F)F. The molecule has 90 valence electrons. The first kappa shape index (κ1) is 14.6. The third kappa shape index (κ3) is 9.85. The smallest absolute Gasteiger partial charge is 0.354 e. The lowest BCUT2D eigenvalue weighted by atomic mass is 10.1. The van der Waals surface area contributed by atoms with Crippen molar-refractivity contribution in [2.24, 2.45) is 5.92 Å². The first-order chi connectivity index (χ1) is 6.70. The fourth-order valence-corrected chi connectivity index (χ4v) is 1.50. The molecular weight excluding hydrogens is 231 g/mol. The molecule has 0 rings (SSSR count). The van der Waals surface area contributed by atoms with E-state index in [4.69, 9.17) is 11.6 Å². The van der Waals surface area contributed by atoms with Gasteiger partial charge in [-0.25, -0.2) is 0 Å². The van der Waals surface area contributed by atoms with Gasteiger partial charge in [0.1, 0.15) is 6.42 Å². The van der Waals surface area contributed by atoms with E-state index in [0.717, 1.165) is 0 Å². The lowest BCUT2D eigenvalue weighted by Gasteiger charge is -2.13. The Balaban J connectivity index is 3.72. The molecular formula is C9H15ClF3NO. The zero-order valence-electron chi connectivity index (χ0n) is 8.70. The number of halogens is 4. The minimum absolute atomic E-state index is 0.0780. The van der Waals surface area contributed by atoms with E-state index in [1.54, 1.807) is 0 Å². The van der Waals surface area contributed by atoms with E-state index in [2.05, 4.69) is 5.32 Å². The van der Waals surface area contributed by atoms with Crippen LogP contribution in [0.1, 0.15) is 26.7 Å². The van der Waals surface area contributed by atoms with Crippen molar-refractivity contribution >= 4 is 17.5 Å².